The van der Waals surface area contributed by atoms with Crippen LogP contribution in [0.4, 0.5) is 0 Å². The fourth-order valence-electron chi connectivity index (χ4n) is 15.7. The molecule has 31 N–H and O–H groups in total. The standard InChI is InChI=1S/C68H114N4O50/c1-15-33(83)43(93)48(98)63(107-15)105-13-27-55(40(90)29(59(103)108-27)69-16(2)79)117-61-31(71-18(4)81)41(91)54(25(11-78)113-61)119-67-52(102)57(121-68-58(47(97)37(87)23(9-76)112-68)122-62-32(72-19(5)82)42(92)53(24(10-77)114-62)118-66-51(101)45(95)36(86)22(8-75)111-66)56(120-60-30(70-17(3)80)39(89)34(84)20(6-73)109-60)28(116-67)14-106-65-50(100)46(96)38(88)26(115-65)12-104-64-49(99)44(94)35(85)21(7-74)110-64/h15,20-68,73-78,83-103H,6-14H2,1-5H3,(H,69,79)(H,70,80)(H,71,81)(H,72,82)/t15-,20+,21+,22+,23+,24+,25+,26+,27+,28+,29+,30+,31+,32+,33+,34+,35+,36-,37+,38+,39+,40+,41+,42+,43+,44-,45-,46-,47-,48-,49-,50-,51+,52-,53+,54+,55+,56+,57+,58-,59+,60-,61-,62-,63+,64-,65-,66-,67-,68+/m0/s1. The number of amides is 4. The largest absolute Gasteiger partial charge is 0.394 e. The molecular formula is C68H114N4O50. The average molecular weight is 1790 g/mol. The lowest BCUT2D eigenvalue weighted by Gasteiger charge is -2.52. The molecule has 0 spiro atoms. The van der Waals surface area contributed by atoms with Crippen molar-refractivity contribution in [2.75, 3.05) is 59.5 Å². The Bertz CT molecular complexity index is 3290. The summed E-state index contributed by atoms with van der Waals surface area (Å²) in [6.45, 7) is -4.95. The second kappa shape index (κ2) is 43.6. The summed E-state index contributed by atoms with van der Waals surface area (Å²) < 4.78 is 114. The number of rotatable bonds is 31. The van der Waals surface area contributed by atoms with Crippen molar-refractivity contribution in [2.45, 2.75) is 341 Å². The molecule has 10 rings (SSSR count). The lowest BCUT2D eigenvalue weighted by Crippen LogP contribution is -2.71. The minimum Gasteiger partial charge on any atom is -0.394 e. The van der Waals surface area contributed by atoms with Crippen LogP contribution < -0.4 is 21.3 Å². The minimum absolute atomic E-state index is 0.858. The Morgan fingerprint density at radius 1 is 0.230 bits per heavy atom. The van der Waals surface area contributed by atoms with E-state index in [4.69, 9.17) is 90.0 Å². The summed E-state index contributed by atoms with van der Waals surface area (Å²) in [4.78, 5) is 52.1. The minimum atomic E-state index is -2.74. The van der Waals surface area contributed by atoms with Gasteiger partial charge in [-0.2, -0.15) is 0 Å². The van der Waals surface area contributed by atoms with Crippen LogP contribution in [-0.2, 0) is 109 Å². The van der Waals surface area contributed by atoms with E-state index in [1.165, 1.54) is 6.92 Å². The van der Waals surface area contributed by atoms with Crippen molar-refractivity contribution < 1.29 is 247 Å². The highest BCUT2D eigenvalue weighted by Gasteiger charge is 2.62. The number of nitrogens with one attached hydrogen (secondary N) is 4. The topological polar surface area (TPSA) is 838 Å². The van der Waals surface area contributed by atoms with Gasteiger partial charge in [-0.15, -0.1) is 0 Å². The second-order valence-electron chi connectivity index (χ2n) is 31.0. The Hall–Kier alpha value is -3.96. The van der Waals surface area contributed by atoms with Crippen LogP contribution in [0.15, 0.2) is 0 Å². The molecule has 0 unspecified atom stereocenters. The molecule has 50 atom stereocenters. The number of hydrogen-bond donors (Lipinski definition) is 31. The molecule has 122 heavy (non-hydrogen) atoms. The van der Waals surface area contributed by atoms with Crippen LogP contribution in [0.1, 0.15) is 34.6 Å². The Labute approximate surface area is 691 Å². The van der Waals surface area contributed by atoms with Gasteiger partial charge in [0.25, 0.3) is 0 Å². The van der Waals surface area contributed by atoms with Crippen molar-refractivity contribution in [1.82, 2.24) is 21.3 Å². The summed E-state index contributed by atoms with van der Waals surface area (Å²) in [5.41, 5.74) is 0. The van der Waals surface area contributed by atoms with Crippen molar-refractivity contribution in [3.05, 3.63) is 0 Å². The highest BCUT2D eigenvalue weighted by atomic mass is 16.8. The zero-order chi connectivity index (χ0) is 89.8. The lowest BCUT2D eigenvalue weighted by atomic mass is 9.93. The molecule has 706 valence electrons. The van der Waals surface area contributed by atoms with Gasteiger partial charge in [0.2, 0.25) is 23.6 Å². The number of aliphatic hydroxyl groups excluding tert-OH is 27. The maximum Gasteiger partial charge on any atom is 0.217 e. The van der Waals surface area contributed by atoms with Gasteiger partial charge in [0.05, 0.1) is 65.6 Å². The molecule has 10 aliphatic rings. The van der Waals surface area contributed by atoms with Crippen molar-refractivity contribution in [1.29, 1.82) is 0 Å². The zero-order valence-corrected chi connectivity index (χ0v) is 65.7. The number of hydrogen-bond acceptors (Lipinski definition) is 50. The third-order valence-electron chi connectivity index (χ3n) is 22.4. The summed E-state index contributed by atoms with van der Waals surface area (Å²) in [5.74, 6) is -3.86. The molecule has 0 aliphatic carbocycles. The van der Waals surface area contributed by atoms with Gasteiger partial charge >= 0.3 is 0 Å². The van der Waals surface area contributed by atoms with Gasteiger partial charge < -0.3 is 249 Å². The molecule has 10 fully saturated rings. The first-order chi connectivity index (χ1) is 57.6. The van der Waals surface area contributed by atoms with E-state index in [2.05, 4.69) is 21.3 Å². The number of carbonyl (C=O) groups is 4. The quantitative estimate of drug-likeness (QED) is 0.0306. The van der Waals surface area contributed by atoms with Crippen LogP contribution in [0.3, 0.4) is 0 Å². The first-order valence-electron chi connectivity index (χ1n) is 39.0. The summed E-state index contributed by atoms with van der Waals surface area (Å²) >= 11 is 0. The molecule has 4 amide bonds. The van der Waals surface area contributed by atoms with Crippen molar-refractivity contribution in [2.24, 2.45) is 0 Å². The molecule has 0 aromatic heterocycles. The Balaban J connectivity index is 1.05. The summed E-state index contributed by atoms with van der Waals surface area (Å²) in [7, 11) is 0. The van der Waals surface area contributed by atoms with Crippen LogP contribution in [0.2, 0.25) is 0 Å². The highest BCUT2D eigenvalue weighted by Crippen LogP contribution is 2.41. The van der Waals surface area contributed by atoms with Gasteiger partial charge in [-0.1, -0.05) is 0 Å². The van der Waals surface area contributed by atoms with Gasteiger partial charge in [-0.05, 0) is 6.92 Å². The molecule has 10 saturated heterocycles. The summed E-state index contributed by atoms with van der Waals surface area (Å²) in [6.07, 6.45) is -97.0. The van der Waals surface area contributed by atoms with Gasteiger partial charge in [0, 0.05) is 27.7 Å². The monoisotopic (exact) mass is 1790 g/mol. The predicted molar refractivity (Wildman–Crippen MR) is 375 cm³/mol. The van der Waals surface area contributed by atoms with E-state index in [0.29, 0.717) is 0 Å². The van der Waals surface area contributed by atoms with Crippen LogP contribution in [0.5, 0.6) is 0 Å². The third kappa shape index (κ3) is 22.2. The lowest BCUT2D eigenvalue weighted by molar-refractivity contribution is -0.408. The molecule has 0 radical (unpaired) electrons. The highest BCUT2D eigenvalue weighted by molar-refractivity contribution is 5.74. The molecule has 0 aromatic carbocycles. The maximum atomic E-state index is 13.4. The van der Waals surface area contributed by atoms with Gasteiger partial charge in [0.1, 0.15) is 238 Å². The van der Waals surface area contributed by atoms with E-state index in [1.54, 1.807) is 0 Å². The second-order valence-corrected chi connectivity index (χ2v) is 31.0. The van der Waals surface area contributed by atoms with E-state index < -0.39 is 390 Å². The van der Waals surface area contributed by atoms with Crippen molar-refractivity contribution in [3.8, 4) is 0 Å². The third-order valence-corrected chi connectivity index (χ3v) is 22.4. The van der Waals surface area contributed by atoms with Gasteiger partial charge in [-0.3, -0.25) is 19.2 Å². The predicted octanol–water partition coefficient (Wildman–Crippen LogP) is -21.2. The van der Waals surface area contributed by atoms with E-state index in [1.807, 2.05) is 0 Å². The molecule has 0 bridgehead atoms. The van der Waals surface area contributed by atoms with Crippen LogP contribution in [-0.4, -0.2) is 528 Å². The Morgan fingerprint density at radius 3 is 0.943 bits per heavy atom. The molecule has 10 aliphatic heterocycles. The van der Waals surface area contributed by atoms with E-state index in [-0.39, 0.29) is 0 Å². The summed E-state index contributed by atoms with van der Waals surface area (Å²) in [5, 5.41) is 311. The normalized spacial score (nSPS) is 49.7. The van der Waals surface area contributed by atoms with Crippen molar-refractivity contribution in [3.63, 3.8) is 0 Å². The Morgan fingerprint density at radius 2 is 0.500 bits per heavy atom. The van der Waals surface area contributed by atoms with Crippen LogP contribution in [0, 0.1) is 0 Å². The van der Waals surface area contributed by atoms with Gasteiger partial charge in [-0.25, -0.2) is 0 Å². The van der Waals surface area contributed by atoms with Gasteiger partial charge in [0.15, 0.2) is 62.9 Å². The molecular weight excluding hydrogens is 1670 g/mol. The molecule has 54 heteroatoms. The van der Waals surface area contributed by atoms with Crippen LogP contribution >= 0.6 is 0 Å². The SMILES string of the molecule is CC(=O)N[C@@H]1[C@@H](O)[C@H](O[C@@H]2O[C@H](CO)[C@@H](O[C@@H]3O[C@H](CO[C@H]4O[C@H](CO[C@H]5O[C@H](CO)[C@@H](O)[C@H](O)[C@@H]5O)[C@@H](O)[C@H](O)[C@@H]4O)[C@@H](O[C@@H]4O[C@H](CO)[C@@H](O)[C@H](O)[C@H]4NC(C)=O)[C@H](O[C@H]4O[C@H](CO)[C@@H](O)[C@H](O)[C@@H]4O[C@@H]4O[C@H](CO)[C@@H](O[C@@H]5O[C@H](CO)[C@H](O)[C@H](O)[C@H]5O)[C@H](O)[C@H]4NC(C)=O)[C@@H]3O)[C@H](O)[C@H]2NC(C)=O)[C@@H](CO[C@@H]2O[C@@H](C)[C@@H](O)[C@@H](O)[C@@H]2O)O[C@H]1O. The first kappa shape index (κ1) is 100. The van der Waals surface area contributed by atoms with Crippen molar-refractivity contribution >= 4 is 23.6 Å². The molecule has 0 aromatic rings. The fourth-order valence-corrected chi connectivity index (χ4v) is 15.7. The molecule has 54 nitrogen and oxygen atoms in total. The molecule has 0 saturated carbocycles. The number of carbonyl (C=O) groups excluding carboxylic acids is 4. The summed E-state index contributed by atoms with van der Waals surface area (Å²) in [6, 6.07) is -7.88. The Kier molecular flexibility index (Phi) is 35.8. The molecule has 10 heterocycles. The van der Waals surface area contributed by atoms with E-state index in [0.717, 1.165) is 27.7 Å². The average Bonchev–Trinajstić information content (AvgIpc) is 0.753. The maximum absolute atomic E-state index is 13.4. The number of ether oxygens (including phenoxy) is 19. The first-order valence-corrected chi connectivity index (χ1v) is 39.0. The van der Waals surface area contributed by atoms with Crippen LogP contribution in [0.25, 0.3) is 0 Å². The smallest absolute Gasteiger partial charge is 0.217 e. The number of aliphatic hydroxyl groups is 27. The zero-order valence-electron chi connectivity index (χ0n) is 65.7. The fraction of sp³-hybridized carbons (Fsp3) is 0.941. The van der Waals surface area contributed by atoms with E-state index >= 15 is 0 Å². The van der Waals surface area contributed by atoms with E-state index in [9.17, 15) is 157 Å².